The lowest BCUT2D eigenvalue weighted by Gasteiger charge is -2.21. The van der Waals surface area contributed by atoms with Crippen LogP contribution >= 0.6 is 0 Å². The number of ether oxygens (including phenoxy) is 1. The first kappa shape index (κ1) is 21.9. The molecule has 1 atom stereocenters. The van der Waals surface area contributed by atoms with Gasteiger partial charge in [-0.1, -0.05) is 0 Å². The number of nitrogens with zero attached hydrogens (tertiary/aromatic N) is 2. The molecule has 158 valence electrons. The van der Waals surface area contributed by atoms with Crippen LogP contribution in [-0.4, -0.2) is 42.5 Å². The van der Waals surface area contributed by atoms with E-state index >= 15 is 0 Å². The van der Waals surface area contributed by atoms with Crippen LogP contribution < -0.4 is 10.9 Å². The number of ketones is 2. The first-order chi connectivity index (χ1) is 14.3. The number of hydrogen-bond donors (Lipinski definition) is 0. The van der Waals surface area contributed by atoms with Crippen LogP contribution in [-0.2, 0) is 20.7 Å². The van der Waals surface area contributed by atoms with Crippen molar-refractivity contribution in [2.24, 2.45) is 10.9 Å². The summed E-state index contributed by atoms with van der Waals surface area (Å²) in [7, 11) is 0. The Bertz CT molecular complexity index is 1020. The van der Waals surface area contributed by atoms with Crippen molar-refractivity contribution >= 4 is 17.8 Å². The van der Waals surface area contributed by atoms with Crippen molar-refractivity contribution in [3.8, 4) is 0 Å². The van der Waals surface area contributed by atoms with E-state index in [0.717, 1.165) is 19.3 Å². The van der Waals surface area contributed by atoms with Gasteiger partial charge >= 0.3 is 0 Å². The lowest BCUT2D eigenvalue weighted by atomic mass is 9.91. The van der Waals surface area contributed by atoms with Gasteiger partial charge in [-0.3, -0.25) is 29.2 Å². The number of allylic oxidation sites excluding steroid dienone is 1. The van der Waals surface area contributed by atoms with Gasteiger partial charge in [-0.05, 0) is 63.2 Å². The van der Waals surface area contributed by atoms with E-state index in [2.05, 4.69) is 9.98 Å². The Labute approximate surface area is 174 Å². The average Bonchev–Trinajstić information content (AvgIpc) is 2.71. The third kappa shape index (κ3) is 5.42. The summed E-state index contributed by atoms with van der Waals surface area (Å²) >= 11 is 0. The summed E-state index contributed by atoms with van der Waals surface area (Å²) in [5, 5.41) is 0. The molecule has 0 spiro atoms. The van der Waals surface area contributed by atoms with Gasteiger partial charge in [0.1, 0.15) is 11.6 Å². The number of rotatable bonds is 4. The number of carbonyl (C=O) groups is 2. The van der Waals surface area contributed by atoms with E-state index in [9.17, 15) is 19.2 Å². The predicted molar refractivity (Wildman–Crippen MR) is 113 cm³/mol. The molecule has 2 aliphatic rings. The number of hydrogen-bond acceptors (Lipinski definition) is 7. The second kappa shape index (κ2) is 9.80. The fourth-order valence-corrected chi connectivity index (χ4v) is 3.77. The normalized spacial score (nSPS) is 22.2. The minimum absolute atomic E-state index is 0.0514. The first-order valence-corrected chi connectivity index (χ1v) is 10.2. The molecule has 0 aromatic carbocycles. The van der Waals surface area contributed by atoms with E-state index < -0.39 is 22.9 Å². The Morgan fingerprint density at radius 1 is 1.07 bits per heavy atom. The number of Topliss-reactive ketones (excluding diaryl/α,β-unsaturated/α-hetero) is 1. The SMILES string of the molecule is C/C1=C\C(=O)C(=O)C(c2nc(C)cc(=O)cc(CCC3CCOCC3)c2=O)C=NC1. The van der Waals surface area contributed by atoms with Crippen molar-refractivity contribution in [1.82, 2.24) is 4.98 Å². The van der Waals surface area contributed by atoms with E-state index in [1.165, 1.54) is 24.4 Å². The predicted octanol–water partition coefficient (Wildman–Crippen LogP) is 1.72. The first-order valence-electron chi connectivity index (χ1n) is 10.2. The molecule has 0 amide bonds. The highest BCUT2D eigenvalue weighted by molar-refractivity contribution is 6.46. The molecule has 0 radical (unpaired) electrons. The number of aliphatic imine (C=N–C) groups is 1. The highest BCUT2D eigenvalue weighted by atomic mass is 16.5. The summed E-state index contributed by atoms with van der Waals surface area (Å²) in [6.45, 7) is 4.98. The smallest absolute Gasteiger partial charge is 0.222 e. The van der Waals surface area contributed by atoms with Crippen molar-refractivity contribution in [2.75, 3.05) is 19.8 Å². The lowest BCUT2D eigenvalue weighted by Crippen LogP contribution is -2.30. The Hall–Kier alpha value is -2.80. The highest BCUT2D eigenvalue weighted by Gasteiger charge is 2.29. The van der Waals surface area contributed by atoms with Crippen LogP contribution in [0.5, 0.6) is 0 Å². The van der Waals surface area contributed by atoms with Gasteiger partial charge < -0.3 is 4.74 Å². The molecule has 7 heteroatoms. The lowest BCUT2D eigenvalue weighted by molar-refractivity contribution is -0.133. The molecule has 1 fully saturated rings. The van der Waals surface area contributed by atoms with E-state index in [-0.39, 0.29) is 17.7 Å². The molecule has 3 rings (SSSR count). The summed E-state index contributed by atoms with van der Waals surface area (Å²) in [5.41, 5.74) is 0.471. The van der Waals surface area contributed by atoms with Crippen LogP contribution in [0, 0.1) is 12.8 Å². The molecular weight excluding hydrogens is 384 g/mol. The van der Waals surface area contributed by atoms with Crippen LogP contribution in [0.4, 0.5) is 0 Å². The van der Waals surface area contributed by atoms with Crippen LogP contribution in [0.2, 0.25) is 0 Å². The van der Waals surface area contributed by atoms with Gasteiger partial charge in [0.2, 0.25) is 17.0 Å². The molecule has 2 aliphatic heterocycles. The molecule has 0 bridgehead atoms. The van der Waals surface area contributed by atoms with Crippen molar-refractivity contribution in [3.05, 3.63) is 61.2 Å². The molecule has 0 N–H and O–H groups in total. The van der Waals surface area contributed by atoms with Gasteiger partial charge in [-0.25, -0.2) is 0 Å². The quantitative estimate of drug-likeness (QED) is 0.701. The largest absolute Gasteiger partial charge is 0.381 e. The zero-order valence-electron chi connectivity index (χ0n) is 17.3. The minimum atomic E-state index is -1.16. The maximum Gasteiger partial charge on any atom is 0.222 e. The maximum absolute atomic E-state index is 13.3. The molecule has 0 aliphatic carbocycles. The molecule has 1 unspecified atom stereocenters. The fourth-order valence-electron chi connectivity index (χ4n) is 3.77. The monoisotopic (exact) mass is 410 g/mol. The highest BCUT2D eigenvalue weighted by Crippen LogP contribution is 2.20. The molecule has 3 heterocycles. The van der Waals surface area contributed by atoms with E-state index in [0.29, 0.717) is 42.4 Å². The van der Waals surface area contributed by atoms with E-state index in [4.69, 9.17) is 4.74 Å². The summed E-state index contributed by atoms with van der Waals surface area (Å²) < 4.78 is 5.37. The molecule has 0 saturated carbocycles. The zero-order chi connectivity index (χ0) is 21.7. The second-order valence-corrected chi connectivity index (χ2v) is 7.96. The molecule has 1 aromatic heterocycles. The Morgan fingerprint density at radius 3 is 2.53 bits per heavy atom. The van der Waals surface area contributed by atoms with Crippen LogP contribution in [0.15, 0.2) is 38.4 Å². The maximum atomic E-state index is 13.3. The molecule has 30 heavy (non-hydrogen) atoms. The van der Waals surface area contributed by atoms with Crippen molar-refractivity contribution in [1.29, 1.82) is 0 Å². The summed E-state index contributed by atoms with van der Waals surface area (Å²) in [5.74, 6) is -2.15. The van der Waals surface area contributed by atoms with Crippen LogP contribution in [0.1, 0.15) is 49.1 Å². The zero-order valence-corrected chi connectivity index (χ0v) is 17.3. The van der Waals surface area contributed by atoms with Crippen LogP contribution in [0.25, 0.3) is 0 Å². The van der Waals surface area contributed by atoms with Crippen molar-refractivity contribution in [2.45, 2.75) is 45.4 Å². The Balaban J connectivity index is 2.03. The standard InChI is InChI=1S/C23H26N2O5/c1-14-9-20(27)23(29)19(13-24-12-14)21-22(28)17(11-18(26)10-15(2)25-21)4-3-16-5-7-30-8-6-16/h9-11,13,16,19H,3-8,12H2,1-2H3/b14-9+,15-10?,17-11?,24-13?,25-21?. The van der Waals surface area contributed by atoms with Gasteiger partial charge in [0, 0.05) is 36.8 Å². The van der Waals surface area contributed by atoms with Gasteiger partial charge in [-0.2, -0.15) is 0 Å². The number of aryl methyl sites for hydroxylation is 2. The Morgan fingerprint density at radius 2 is 1.80 bits per heavy atom. The Kier molecular flexibility index (Phi) is 7.15. The van der Waals surface area contributed by atoms with Gasteiger partial charge in [0.05, 0.1) is 6.54 Å². The van der Waals surface area contributed by atoms with E-state index in [1.54, 1.807) is 13.8 Å². The topological polar surface area (TPSA) is 103 Å². The third-order valence-electron chi connectivity index (χ3n) is 5.44. The number of carbonyl (C=O) groups excluding carboxylic acids is 2. The molecular formula is C23H26N2O5. The molecule has 1 saturated heterocycles. The summed E-state index contributed by atoms with van der Waals surface area (Å²) in [6.07, 6.45) is 5.59. The van der Waals surface area contributed by atoms with Crippen molar-refractivity contribution in [3.63, 3.8) is 0 Å². The fraction of sp³-hybridized carbons (Fsp3) is 0.478. The second-order valence-electron chi connectivity index (χ2n) is 7.96. The molecule has 1 aromatic rings. The summed E-state index contributed by atoms with van der Waals surface area (Å²) in [4.78, 5) is 59.1. The van der Waals surface area contributed by atoms with Crippen molar-refractivity contribution < 1.29 is 14.3 Å². The number of aromatic nitrogens is 1. The van der Waals surface area contributed by atoms with Gasteiger partial charge in [0.25, 0.3) is 0 Å². The average molecular weight is 410 g/mol. The molecule has 7 nitrogen and oxygen atoms in total. The van der Waals surface area contributed by atoms with E-state index in [1.807, 2.05) is 0 Å². The third-order valence-corrected chi connectivity index (χ3v) is 5.44. The minimum Gasteiger partial charge on any atom is -0.381 e. The van der Waals surface area contributed by atoms with Gasteiger partial charge in [-0.15, -0.1) is 0 Å². The summed E-state index contributed by atoms with van der Waals surface area (Å²) in [6, 6.07) is 2.66. The van der Waals surface area contributed by atoms with Crippen LogP contribution in [0.3, 0.4) is 0 Å². The van der Waals surface area contributed by atoms with Gasteiger partial charge in [0.15, 0.2) is 5.43 Å².